The number of aliphatic hydroxyl groups is 1. The van der Waals surface area contributed by atoms with Crippen molar-refractivity contribution in [2.24, 2.45) is 16.2 Å². The van der Waals surface area contributed by atoms with Crippen LogP contribution in [-0.4, -0.2) is 94.8 Å². The second-order valence-corrected chi connectivity index (χ2v) is 21.5. The highest BCUT2D eigenvalue weighted by Crippen LogP contribution is 2.55. The molecule has 4 N–H and O–H groups in total. The van der Waals surface area contributed by atoms with Crippen LogP contribution in [0.3, 0.4) is 0 Å². The van der Waals surface area contributed by atoms with E-state index in [4.69, 9.17) is 25.8 Å². The number of unbranched alkanes of at least 4 members (excludes halogenated alkanes) is 1. The molecule has 4 aromatic rings. The van der Waals surface area contributed by atoms with E-state index in [2.05, 4.69) is 54.7 Å². The number of rotatable bonds is 19. The summed E-state index contributed by atoms with van der Waals surface area (Å²) in [6.45, 7) is 18.1. The first-order valence-electron chi connectivity index (χ1n) is 23.2. The van der Waals surface area contributed by atoms with Crippen molar-refractivity contribution < 1.29 is 38.5 Å². The number of benzene rings is 3. The lowest BCUT2D eigenvalue weighted by atomic mass is 9.49. The first kappa shape index (κ1) is 51.9. The SMILES string of the molecule is Cc1ncsc1-c1ccc(CNC(=O)[C@@H]2C[C@@H](O)CN2C(=O)C(NC(=O)COC(C)CCCCOc2ccc(C(=O)NC3C(C)(C)C(Oc4ccc(C#N)c(Cl)c4)C3(C)C)cc2)C(C)(C)C)cc1. The minimum absolute atomic E-state index is 0.0160. The van der Waals surface area contributed by atoms with Gasteiger partial charge in [0.1, 0.15) is 42.4 Å². The summed E-state index contributed by atoms with van der Waals surface area (Å²) in [5.74, 6) is -0.237. The van der Waals surface area contributed by atoms with Crippen molar-refractivity contribution >= 4 is 46.6 Å². The van der Waals surface area contributed by atoms with Crippen LogP contribution in [0.5, 0.6) is 11.5 Å². The Morgan fingerprint density at radius 1 is 1.00 bits per heavy atom. The topological polar surface area (TPSA) is 192 Å². The third-order valence-corrected chi connectivity index (χ3v) is 14.3. The van der Waals surface area contributed by atoms with Gasteiger partial charge in [0.25, 0.3) is 5.91 Å². The third kappa shape index (κ3) is 12.4. The Morgan fingerprint density at radius 2 is 1.68 bits per heavy atom. The molecule has 14 nitrogen and oxygen atoms in total. The average molecular weight is 970 g/mol. The molecule has 2 fully saturated rings. The van der Waals surface area contributed by atoms with Gasteiger partial charge in [-0.25, -0.2) is 4.98 Å². The van der Waals surface area contributed by atoms with E-state index in [1.807, 2.05) is 64.4 Å². The summed E-state index contributed by atoms with van der Waals surface area (Å²) in [5, 5.41) is 29.1. The predicted molar refractivity (Wildman–Crippen MR) is 262 cm³/mol. The van der Waals surface area contributed by atoms with E-state index in [0.717, 1.165) is 34.5 Å². The van der Waals surface area contributed by atoms with Crippen LogP contribution in [0.25, 0.3) is 10.4 Å². The van der Waals surface area contributed by atoms with Crippen molar-refractivity contribution in [2.75, 3.05) is 19.8 Å². The second-order valence-electron chi connectivity index (χ2n) is 20.2. The molecule has 3 aromatic carbocycles. The van der Waals surface area contributed by atoms with Crippen LogP contribution in [0.2, 0.25) is 5.02 Å². The van der Waals surface area contributed by atoms with E-state index in [9.17, 15) is 29.5 Å². The zero-order valence-corrected chi connectivity index (χ0v) is 42.1. The van der Waals surface area contributed by atoms with Crippen LogP contribution < -0.4 is 25.4 Å². The number of hydrogen-bond acceptors (Lipinski definition) is 11. The number of aromatic nitrogens is 1. The Balaban J connectivity index is 0.895. The predicted octanol–water partition coefficient (Wildman–Crippen LogP) is 8.02. The molecule has 0 radical (unpaired) electrons. The summed E-state index contributed by atoms with van der Waals surface area (Å²) in [6, 6.07) is 20.0. The summed E-state index contributed by atoms with van der Waals surface area (Å²) in [4.78, 5) is 60.9. The van der Waals surface area contributed by atoms with Gasteiger partial charge in [0.15, 0.2) is 0 Å². The third-order valence-electron chi connectivity index (χ3n) is 13.0. The molecule has 68 heavy (non-hydrogen) atoms. The molecule has 1 saturated carbocycles. The van der Waals surface area contributed by atoms with E-state index in [0.29, 0.717) is 40.7 Å². The van der Waals surface area contributed by atoms with Crippen molar-refractivity contribution in [2.45, 2.75) is 131 Å². The van der Waals surface area contributed by atoms with Gasteiger partial charge in [-0.05, 0) is 86.1 Å². The van der Waals surface area contributed by atoms with Gasteiger partial charge in [-0.1, -0.05) is 84.3 Å². The summed E-state index contributed by atoms with van der Waals surface area (Å²) in [5.41, 5.74) is 4.12. The Labute approximate surface area is 409 Å². The highest BCUT2D eigenvalue weighted by Gasteiger charge is 2.64. The number of halogens is 1. The number of likely N-dealkylation sites (tertiary alicyclic amines) is 1. The zero-order chi connectivity index (χ0) is 49.6. The first-order chi connectivity index (χ1) is 32.1. The maximum atomic E-state index is 14.0. The number of ether oxygens (including phenoxy) is 3. The summed E-state index contributed by atoms with van der Waals surface area (Å²) >= 11 is 7.81. The van der Waals surface area contributed by atoms with Gasteiger partial charge in [0, 0.05) is 48.0 Å². The first-order valence-corrected chi connectivity index (χ1v) is 24.4. The lowest BCUT2D eigenvalue weighted by Crippen LogP contribution is -2.74. The maximum Gasteiger partial charge on any atom is 0.251 e. The number of amides is 4. The number of aliphatic hydroxyl groups excluding tert-OH is 1. The van der Waals surface area contributed by atoms with Gasteiger partial charge in [0.05, 0.1) is 45.5 Å². The molecule has 4 atom stereocenters. The number of carbonyl (C=O) groups excluding carboxylic acids is 4. The Kier molecular flexibility index (Phi) is 16.6. The number of nitrogens with one attached hydrogen (secondary N) is 3. The molecular weight excluding hydrogens is 904 g/mol. The lowest BCUT2D eigenvalue weighted by Gasteiger charge is -2.63. The van der Waals surface area contributed by atoms with Crippen molar-refractivity contribution in [3.63, 3.8) is 0 Å². The minimum atomic E-state index is -0.962. The van der Waals surface area contributed by atoms with Gasteiger partial charge in [0.2, 0.25) is 17.7 Å². The minimum Gasteiger partial charge on any atom is -0.494 e. The highest BCUT2D eigenvalue weighted by atomic mass is 35.5. The smallest absolute Gasteiger partial charge is 0.251 e. The molecule has 0 bridgehead atoms. The van der Waals surface area contributed by atoms with E-state index in [1.54, 1.807) is 53.8 Å². The van der Waals surface area contributed by atoms with E-state index in [-0.39, 0.29) is 56.2 Å². The second kappa shape index (κ2) is 21.8. The Hall–Kier alpha value is -5.53. The van der Waals surface area contributed by atoms with Crippen LogP contribution >= 0.6 is 22.9 Å². The van der Waals surface area contributed by atoms with E-state index < -0.39 is 46.2 Å². The molecule has 6 rings (SSSR count). The normalized spacial score (nSPS) is 20.3. The quantitative estimate of drug-likeness (QED) is 0.0670. The van der Waals surface area contributed by atoms with Gasteiger partial charge < -0.3 is 40.2 Å². The fraction of sp³-hybridized carbons (Fsp3) is 0.500. The van der Waals surface area contributed by atoms with Crippen molar-refractivity contribution in [3.05, 3.63) is 99.6 Å². The number of thiazole rings is 1. The largest absolute Gasteiger partial charge is 0.494 e. The average Bonchev–Trinajstić information content (AvgIpc) is 3.92. The number of nitrogens with zero attached hydrogens (tertiary/aromatic N) is 3. The molecule has 16 heteroatoms. The fourth-order valence-corrected chi connectivity index (χ4v) is 10.5. The van der Waals surface area contributed by atoms with Gasteiger partial charge in [-0.3, -0.25) is 19.2 Å². The molecule has 1 aliphatic carbocycles. The van der Waals surface area contributed by atoms with E-state index >= 15 is 0 Å². The van der Waals surface area contributed by atoms with Crippen molar-refractivity contribution in [1.82, 2.24) is 25.8 Å². The van der Waals surface area contributed by atoms with Crippen LogP contribution in [-0.2, 0) is 25.7 Å². The molecule has 2 heterocycles. The zero-order valence-electron chi connectivity index (χ0n) is 40.5. The molecule has 2 aliphatic rings. The van der Waals surface area contributed by atoms with Crippen LogP contribution in [0.4, 0.5) is 0 Å². The van der Waals surface area contributed by atoms with Crippen LogP contribution in [0.15, 0.2) is 72.2 Å². The maximum absolute atomic E-state index is 14.0. The Bertz CT molecular complexity index is 2450. The monoisotopic (exact) mass is 968 g/mol. The van der Waals surface area contributed by atoms with Crippen molar-refractivity contribution in [3.8, 4) is 28.0 Å². The molecule has 2 unspecified atom stereocenters. The molecule has 0 spiro atoms. The molecule has 364 valence electrons. The molecule has 1 aliphatic heterocycles. The summed E-state index contributed by atoms with van der Waals surface area (Å²) in [6.07, 6.45) is 0.965. The number of aryl methyl sites for hydroxylation is 1. The van der Waals surface area contributed by atoms with E-state index in [1.165, 1.54) is 4.90 Å². The van der Waals surface area contributed by atoms with Crippen molar-refractivity contribution in [1.29, 1.82) is 5.26 Å². The van der Waals surface area contributed by atoms with Gasteiger partial charge >= 0.3 is 0 Å². The number of β-amino-alcohol motifs (C(OH)–C–C–N with tert-alkyl or cyclic N) is 1. The lowest BCUT2D eigenvalue weighted by molar-refractivity contribution is -0.164. The number of nitriles is 1. The highest BCUT2D eigenvalue weighted by molar-refractivity contribution is 7.13. The molecular formula is C52H65ClN6O8S. The molecule has 1 saturated heterocycles. The number of hydrogen-bond donors (Lipinski definition) is 4. The number of carbonyl (C=O) groups is 4. The summed E-state index contributed by atoms with van der Waals surface area (Å²) < 4.78 is 18.2. The fourth-order valence-electron chi connectivity index (χ4n) is 9.52. The molecule has 1 aromatic heterocycles. The van der Waals surface area contributed by atoms with Gasteiger partial charge in [-0.15, -0.1) is 11.3 Å². The standard InChI is InChI=1S/C52H65ClN6O8S/c1-31(12-10-11-23-65-38-20-17-35(18-21-38)45(62)58-48-51(6,7)49(52(48,8)9)67-39-22-19-36(26-54)40(53)25-39)66-29-42(61)57-44(50(3,4)5)47(64)59-28-37(60)24-41(59)46(63)55-27-33-13-15-34(16-14-33)43-32(2)56-30-68-43/h13-22,25,30-31,37,41,44,48-49,60H,10-12,23-24,27-29H2,1-9H3,(H,55,63)(H,57,61)(H,58,62)/t31?,37-,41+,44?,48?,49?/m1/s1. The Morgan fingerprint density at radius 3 is 2.29 bits per heavy atom. The van der Waals surface area contributed by atoms with Crippen LogP contribution in [0.1, 0.15) is 108 Å². The molecule has 4 amide bonds. The van der Waals surface area contributed by atoms with Crippen LogP contribution in [0, 0.1) is 34.5 Å². The summed E-state index contributed by atoms with van der Waals surface area (Å²) in [7, 11) is 0. The van der Waals surface area contributed by atoms with Gasteiger partial charge in [-0.2, -0.15) is 5.26 Å².